The van der Waals surface area contributed by atoms with Crippen LogP contribution in [0, 0.1) is 0 Å². The van der Waals surface area contributed by atoms with Gasteiger partial charge in [0.25, 0.3) is 0 Å². The zero-order chi connectivity index (χ0) is 36.3. The third kappa shape index (κ3) is 5.76. The standard InChI is InChI=1S/C37H30O14/c38-18-5-1-15(2-6-18)37(48)50-29-13-20-23(42)14-27(46)31(36(20)51-34(29)16-3-7-21(40)24(43)9-16)32-30-26(45)11-19(39)12-28(30)49-35(33(32)47)17-4-8-22(41)25(44)10-17/h1-12,14,29,32-35,38-47H,13H2. The number of phenols is 9. The predicted molar refractivity (Wildman–Crippen MR) is 175 cm³/mol. The van der Waals surface area contributed by atoms with Crippen LogP contribution in [0.5, 0.6) is 63.2 Å². The molecule has 14 heteroatoms. The molecule has 0 bridgehead atoms. The Bertz CT molecular complexity index is 2180. The van der Waals surface area contributed by atoms with Gasteiger partial charge in [-0.2, -0.15) is 0 Å². The van der Waals surface area contributed by atoms with Gasteiger partial charge in [0.1, 0.15) is 52.5 Å². The number of carbonyl (C=O) groups is 1. The Kier molecular flexibility index (Phi) is 7.95. The van der Waals surface area contributed by atoms with E-state index in [1.54, 1.807) is 0 Å². The van der Waals surface area contributed by atoms with Crippen molar-refractivity contribution in [2.75, 3.05) is 0 Å². The van der Waals surface area contributed by atoms with E-state index in [1.165, 1.54) is 60.7 Å². The van der Waals surface area contributed by atoms with Gasteiger partial charge in [0.05, 0.1) is 11.5 Å². The molecule has 0 amide bonds. The Morgan fingerprint density at radius 1 is 0.588 bits per heavy atom. The van der Waals surface area contributed by atoms with Crippen molar-refractivity contribution in [3.63, 3.8) is 0 Å². The van der Waals surface area contributed by atoms with Gasteiger partial charge in [-0.3, -0.25) is 0 Å². The smallest absolute Gasteiger partial charge is 0.338 e. The number of hydrogen-bond donors (Lipinski definition) is 10. The van der Waals surface area contributed by atoms with E-state index >= 15 is 0 Å². The van der Waals surface area contributed by atoms with E-state index in [0.717, 1.165) is 18.2 Å². The van der Waals surface area contributed by atoms with Gasteiger partial charge in [-0.05, 0) is 54.1 Å². The fourth-order valence-electron chi connectivity index (χ4n) is 6.60. The normalized spacial score (nSPS) is 20.7. The molecular weight excluding hydrogens is 668 g/mol. The third-order valence-electron chi connectivity index (χ3n) is 9.02. The number of benzene rings is 5. The van der Waals surface area contributed by atoms with Crippen molar-refractivity contribution in [1.82, 2.24) is 0 Å². The predicted octanol–water partition coefficient (Wildman–Crippen LogP) is 4.57. The van der Waals surface area contributed by atoms with Crippen molar-refractivity contribution in [1.29, 1.82) is 0 Å². The Labute approximate surface area is 288 Å². The highest BCUT2D eigenvalue weighted by Crippen LogP contribution is 2.57. The van der Waals surface area contributed by atoms with Crippen LogP contribution in [0.2, 0.25) is 0 Å². The average molecular weight is 699 g/mol. The molecule has 0 radical (unpaired) electrons. The number of aliphatic hydroxyl groups is 1. The highest BCUT2D eigenvalue weighted by atomic mass is 16.6. The molecule has 51 heavy (non-hydrogen) atoms. The number of rotatable bonds is 5. The second-order valence-corrected chi connectivity index (χ2v) is 12.2. The zero-order valence-corrected chi connectivity index (χ0v) is 26.2. The van der Waals surface area contributed by atoms with E-state index in [1.807, 2.05) is 0 Å². The van der Waals surface area contributed by atoms with E-state index in [2.05, 4.69) is 0 Å². The minimum absolute atomic E-state index is 0.0305. The van der Waals surface area contributed by atoms with Crippen LogP contribution in [0.3, 0.4) is 0 Å². The number of esters is 1. The molecule has 0 aromatic heterocycles. The highest BCUT2D eigenvalue weighted by Gasteiger charge is 2.47. The molecule has 14 nitrogen and oxygen atoms in total. The lowest BCUT2D eigenvalue weighted by atomic mass is 9.77. The highest BCUT2D eigenvalue weighted by molar-refractivity contribution is 5.89. The molecule has 0 spiro atoms. The number of carbonyl (C=O) groups excluding carboxylic acids is 1. The molecule has 10 N–H and O–H groups in total. The summed E-state index contributed by atoms with van der Waals surface area (Å²) in [5.41, 5.74) is 0.252. The summed E-state index contributed by atoms with van der Waals surface area (Å²) in [6, 6.07) is 15.9. The van der Waals surface area contributed by atoms with Crippen LogP contribution in [0.1, 0.15) is 56.3 Å². The molecule has 5 atom stereocenters. The van der Waals surface area contributed by atoms with E-state index < -0.39 is 82.3 Å². The maximum Gasteiger partial charge on any atom is 0.338 e. The number of ether oxygens (including phenoxy) is 3. The first-order valence-corrected chi connectivity index (χ1v) is 15.5. The minimum atomic E-state index is -1.67. The fourth-order valence-corrected chi connectivity index (χ4v) is 6.60. The monoisotopic (exact) mass is 698 g/mol. The molecular formula is C37H30O14. The Balaban J connectivity index is 1.39. The number of phenolic OH excluding ortho intramolecular Hbond substituents is 9. The fraction of sp³-hybridized carbons (Fsp3) is 0.162. The lowest BCUT2D eigenvalue weighted by Crippen LogP contribution is -2.38. The molecule has 5 unspecified atom stereocenters. The van der Waals surface area contributed by atoms with Gasteiger partial charge in [-0.15, -0.1) is 0 Å². The molecule has 2 heterocycles. The van der Waals surface area contributed by atoms with Gasteiger partial charge in [0.15, 0.2) is 35.2 Å². The summed E-state index contributed by atoms with van der Waals surface area (Å²) in [7, 11) is 0. The molecule has 5 aromatic rings. The van der Waals surface area contributed by atoms with Crippen LogP contribution < -0.4 is 9.47 Å². The average Bonchev–Trinajstić information content (AvgIpc) is 3.08. The molecule has 5 aromatic carbocycles. The van der Waals surface area contributed by atoms with Crippen LogP contribution >= 0.6 is 0 Å². The van der Waals surface area contributed by atoms with Crippen LogP contribution in [0.25, 0.3) is 0 Å². The van der Waals surface area contributed by atoms with E-state index in [4.69, 9.17) is 14.2 Å². The zero-order valence-electron chi connectivity index (χ0n) is 26.2. The number of fused-ring (bicyclic) bond motifs is 2. The second-order valence-electron chi connectivity index (χ2n) is 12.2. The van der Waals surface area contributed by atoms with Crippen molar-refractivity contribution >= 4 is 5.97 Å². The summed E-state index contributed by atoms with van der Waals surface area (Å²) in [4.78, 5) is 13.3. The SMILES string of the molecule is O=C(OC1Cc2c(O)cc(O)c(C3c4c(O)cc(O)cc4OC(c4ccc(O)c(O)c4)C3O)c2OC1c1ccc(O)c(O)c1)c1ccc(O)cc1. The van der Waals surface area contributed by atoms with Crippen LogP contribution in [-0.2, 0) is 11.2 Å². The van der Waals surface area contributed by atoms with Gasteiger partial charge in [0.2, 0.25) is 0 Å². The number of aromatic hydroxyl groups is 9. The molecule has 0 saturated heterocycles. The summed E-state index contributed by atoms with van der Waals surface area (Å²) < 4.78 is 18.3. The summed E-state index contributed by atoms with van der Waals surface area (Å²) >= 11 is 0. The molecule has 2 aliphatic heterocycles. The van der Waals surface area contributed by atoms with Crippen LogP contribution in [0.4, 0.5) is 0 Å². The molecule has 0 aliphatic carbocycles. The van der Waals surface area contributed by atoms with Gasteiger partial charge >= 0.3 is 5.97 Å². The Morgan fingerprint density at radius 3 is 1.82 bits per heavy atom. The van der Waals surface area contributed by atoms with Gasteiger partial charge in [-0.25, -0.2) is 4.79 Å². The molecule has 2 aliphatic rings. The summed E-state index contributed by atoms with van der Waals surface area (Å²) in [6.07, 6.45) is -5.70. The summed E-state index contributed by atoms with van der Waals surface area (Å²) in [6.45, 7) is 0. The number of hydrogen-bond acceptors (Lipinski definition) is 14. The van der Waals surface area contributed by atoms with Gasteiger partial charge in [-0.1, -0.05) is 12.1 Å². The van der Waals surface area contributed by atoms with Crippen molar-refractivity contribution in [2.24, 2.45) is 0 Å². The maximum absolute atomic E-state index is 13.3. The van der Waals surface area contributed by atoms with Crippen molar-refractivity contribution in [2.45, 2.75) is 36.8 Å². The third-order valence-corrected chi connectivity index (χ3v) is 9.02. The van der Waals surface area contributed by atoms with Crippen LogP contribution in [0.15, 0.2) is 78.9 Å². The molecule has 0 fully saturated rings. The van der Waals surface area contributed by atoms with Crippen molar-refractivity contribution in [3.05, 3.63) is 112 Å². The topological polar surface area (TPSA) is 247 Å². The number of aliphatic hydroxyl groups excluding tert-OH is 1. The summed E-state index contributed by atoms with van der Waals surface area (Å²) in [5, 5.41) is 106. The second kappa shape index (κ2) is 12.3. The van der Waals surface area contributed by atoms with Gasteiger partial charge < -0.3 is 65.3 Å². The van der Waals surface area contributed by atoms with Gasteiger partial charge in [0, 0.05) is 46.9 Å². The van der Waals surface area contributed by atoms with E-state index in [0.29, 0.717) is 0 Å². The van der Waals surface area contributed by atoms with Crippen molar-refractivity contribution < 1.29 is 70.1 Å². The maximum atomic E-state index is 13.3. The molecule has 7 rings (SSSR count). The molecule has 0 saturated carbocycles. The minimum Gasteiger partial charge on any atom is -0.508 e. The Hall–Kier alpha value is -6.67. The van der Waals surface area contributed by atoms with Crippen LogP contribution in [-0.4, -0.2) is 69.2 Å². The van der Waals surface area contributed by atoms with Crippen molar-refractivity contribution in [3.8, 4) is 63.2 Å². The largest absolute Gasteiger partial charge is 0.508 e. The lowest BCUT2D eigenvalue weighted by Gasteiger charge is -2.40. The first-order chi connectivity index (χ1) is 24.3. The quantitative estimate of drug-likeness (QED) is 0.0893. The lowest BCUT2D eigenvalue weighted by molar-refractivity contribution is -0.0210. The summed E-state index contributed by atoms with van der Waals surface area (Å²) in [5.74, 6) is -6.53. The van der Waals surface area contributed by atoms with E-state index in [-0.39, 0.29) is 57.1 Å². The van der Waals surface area contributed by atoms with E-state index in [9.17, 15) is 55.9 Å². The molecule has 262 valence electrons. The Morgan fingerprint density at radius 2 is 1.20 bits per heavy atom. The first-order valence-electron chi connectivity index (χ1n) is 15.5. The first kappa shape index (κ1) is 32.9.